The Labute approximate surface area is 108 Å². The fraction of sp³-hybridized carbons (Fsp3) is 0.643. The topological polar surface area (TPSA) is 37.4 Å². The first-order chi connectivity index (χ1) is 8.88. The average molecular weight is 247 g/mol. The number of piperidine rings is 1. The van der Waals surface area contributed by atoms with Crippen LogP contribution in [0.4, 0.5) is 5.69 Å². The molecule has 18 heavy (non-hydrogen) atoms. The van der Waals surface area contributed by atoms with Gasteiger partial charge in [0.1, 0.15) is 0 Å². The maximum atomic E-state index is 5.30. The van der Waals surface area contributed by atoms with E-state index in [1.54, 1.807) is 13.3 Å². The number of hydrogen-bond acceptors (Lipinski definition) is 4. The summed E-state index contributed by atoms with van der Waals surface area (Å²) in [6.07, 6.45) is 7.04. The van der Waals surface area contributed by atoms with E-state index in [-0.39, 0.29) is 0 Å². The Hall–Kier alpha value is -1.29. The van der Waals surface area contributed by atoms with Crippen LogP contribution in [0.3, 0.4) is 0 Å². The Morgan fingerprint density at radius 1 is 1.33 bits per heavy atom. The molecule has 4 heteroatoms. The summed E-state index contributed by atoms with van der Waals surface area (Å²) < 4.78 is 5.30. The Bertz CT molecular complexity index is 410. The molecule has 3 rings (SSSR count). The molecular weight excluding hydrogens is 226 g/mol. The van der Waals surface area contributed by atoms with E-state index in [1.807, 2.05) is 6.07 Å². The highest BCUT2D eigenvalue weighted by molar-refractivity contribution is 5.53. The van der Waals surface area contributed by atoms with Gasteiger partial charge in [0.2, 0.25) is 5.88 Å². The van der Waals surface area contributed by atoms with Gasteiger partial charge in [-0.1, -0.05) is 6.42 Å². The van der Waals surface area contributed by atoms with Crippen LogP contribution in [0.25, 0.3) is 0 Å². The lowest BCUT2D eigenvalue weighted by atomic mass is 9.99. The molecule has 0 amide bonds. The minimum Gasteiger partial charge on any atom is -0.480 e. The van der Waals surface area contributed by atoms with Crippen LogP contribution >= 0.6 is 0 Å². The maximum absolute atomic E-state index is 5.30. The molecule has 2 aliphatic rings. The molecule has 2 aliphatic heterocycles. The lowest BCUT2D eigenvalue weighted by Gasteiger charge is -2.33. The summed E-state index contributed by atoms with van der Waals surface area (Å²) in [5.41, 5.74) is 1.03. The Balaban J connectivity index is 1.72. The Morgan fingerprint density at radius 3 is 3.17 bits per heavy atom. The van der Waals surface area contributed by atoms with Crippen molar-refractivity contribution < 1.29 is 4.74 Å². The average Bonchev–Trinajstić information content (AvgIpc) is 2.83. The number of hydrogen-bond donors (Lipinski definition) is 1. The molecular formula is C14H21N3O. The summed E-state index contributed by atoms with van der Waals surface area (Å²) >= 11 is 0. The van der Waals surface area contributed by atoms with Gasteiger partial charge in [0, 0.05) is 24.8 Å². The van der Waals surface area contributed by atoms with E-state index in [0.717, 1.165) is 5.69 Å². The first-order valence-electron chi connectivity index (χ1n) is 6.88. The highest BCUT2D eigenvalue weighted by atomic mass is 16.5. The normalized spacial score (nSPS) is 27.8. The number of nitrogens with zero attached hydrogens (tertiary/aromatic N) is 2. The minimum atomic E-state index is 0.545. The van der Waals surface area contributed by atoms with E-state index < -0.39 is 0 Å². The van der Waals surface area contributed by atoms with Gasteiger partial charge in [-0.25, -0.2) is 4.98 Å². The van der Waals surface area contributed by atoms with Crippen molar-refractivity contribution in [3.63, 3.8) is 0 Å². The quantitative estimate of drug-likeness (QED) is 0.888. The highest BCUT2D eigenvalue weighted by Crippen LogP contribution is 2.31. The van der Waals surface area contributed by atoms with Crippen molar-refractivity contribution in [3.8, 4) is 5.88 Å². The lowest BCUT2D eigenvalue weighted by molar-refractivity contribution is 0.192. The minimum absolute atomic E-state index is 0.545. The third kappa shape index (κ3) is 2.17. The summed E-state index contributed by atoms with van der Waals surface area (Å²) in [5, 5.41) is 3.63. The molecule has 2 saturated heterocycles. The molecule has 2 fully saturated rings. The predicted molar refractivity (Wildman–Crippen MR) is 72.0 cm³/mol. The van der Waals surface area contributed by atoms with Crippen molar-refractivity contribution in [1.82, 2.24) is 9.88 Å². The lowest BCUT2D eigenvalue weighted by Crippen LogP contribution is -2.41. The van der Waals surface area contributed by atoms with Gasteiger partial charge in [0.25, 0.3) is 0 Å². The number of fused-ring (bicyclic) bond motifs is 1. The van der Waals surface area contributed by atoms with Crippen molar-refractivity contribution in [2.75, 3.05) is 25.5 Å². The van der Waals surface area contributed by atoms with E-state index in [4.69, 9.17) is 4.74 Å². The van der Waals surface area contributed by atoms with Gasteiger partial charge < -0.3 is 10.1 Å². The van der Waals surface area contributed by atoms with Crippen LogP contribution in [0.5, 0.6) is 5.88 Å². The van der Waals surface area contributed by atoms with Crippen LogP contribution < -0.4 is 10.1 Å². The van der Waals surface area contributed by atoms with Crippen molar-refractivity contribution in [2.45, 2.75) is 37.8 Å². The zero-order chi connectivity index (χ0) is 12.4. The molecule has 0 bridgehead atoms. The number of ether oxygens (including phenoxy) is 1. The van der Waals surface area contributed by atoms with Gasteiger partial charge in [0.15, 0.2) is 0 Å². The van der Waals surface area contributed by atoms with Crippen LogP contribution in [0.1, 0.15) is 25.7 Å². The number of rotatable bonds is 3. The summed E-state index contributed by atoms with van der Waals surface area (Å²) in [6, 6.07) is 5.25. The van der Waals surface area contributed by atoms with Gasteiger partial charge in [-0.2, -0.15) is 0 Å². The van der Waals surface area contributed by atoms with Crippen LogP contribution in [0, 0.1) is 0 Å². The second-order valence-corrected chi connectivity index (χ2v) is 5.20. The standard InChI is InChI=1S/C14H21N3O/c1-18-14-12(5-4-8-15-14)16-11-7-10-17-9-3-2-6-13(11)17/h4-5,8,11,13,16H,2-3,6-7,9-10H2,1H3. The third-order valence-electron chi connectivity index (χ3n) is 4.16. The van der Waals surface area contributed by atoms with E-state index in [0.29, 0.717) is 18.0 Å². The van der Waals surface area contributed by atoms with Gasteiger partial charge >= 0.3 is 0 Å². The summed E-state index contributed by atoms with van der Waals surface area (Å²) in [4.78, 5) is 6.87. The van der Waals surface area contributed by atoms with Crippen LogP contribution in [0.2, 0.25) is 0 Å². The van der Waals surface area contributed by atoms with E-state index >= 15 is 0 Å². The largest absolute Gasteiger partial charge is 0.480 e. The molecule has 3 heterocycles. The molecule has 2 atom stereocenters. The number of methoxy groups -OCH3 is 1. The molecule has 1 aromatic heterocycles. The molecule has 4 nitrogen and oxygen atoms in total. The molecule has 0 aliphatic carbocycles. The van der Waals surface area contributed by atoms with E-state index in [1.165, 1.54) is 38.8 Å². The number of anilines is 1. The van der Waals surface area contributed by atoms with Gasteiger partial charge in [-0.05, 0) is 37.9 Å². The molecule has 1 aromatic rings. The van der Waals surface area contributed by atoms with Crippen molar-refractivity contribution >= 4 is 5.69 Å². The molecule has 0 radical (unpaired) electrons. The molecule has 0 spiro atoms. The zero-order valence-electron chi connectivity index (χ0n) is 10.9. The van der Waals surface area contributed by atoms with Gasteiger partial charge in [-0.3, -0.25) is 4.90 Å². The molecule has 98 valence electrons. The van der Waals surface area contributed by atoms with Crippen molar-refractivity contribution in [3.05, 3.63) is 18.3 Å². The number of aromatic nitrogens is 1. The fourth-order valence-corrected chi connectivity index (χ4v) is 3.28. The van der Waals surface area contributed by atoms with Crippen molar-refractivity contribution in [1.29, 1.82) is 0 Å². The first kappa shape index (κ1) is 11.8. The molecule has 0 saturated carbocycles. The van der Waals surface area contributed by atoms with E-state index in [2.05, 4.69) is 21.3 Å². The first-order valence-corrected chi connectivity index (χ1v) is 6.88. The molecule has 2 unspecified atom stereocenters. The fourth-order valence-electron chi connectivity index (χ4n) is 3.28. The van der Waals surface area contributed by atoms with Gasteiger partial charge in [0.05, 0.1) is 12.8 Å². The van der Waals surface area contributed by atoms with Crippen LogP contribution in [-0.4, -0.2) is 42.2 Å². The summed E-state index contributed by atoms with van der Waals surface area (Å²) in [7, 11) is 1.68. The zero-order valence-corrected chi connectivity index (χ0v) is 10.9. The maximum Gasteiger partial charge on any atom is 0.237 e. The number of pyridine rings is 1. The molecule has 0 aromatic carbocycles. The monoisotopic (exact) mass is 247 g/mol. The Kier molecular flexibility index (Phi) is 3.37. The summed E-state index contributed by atoms with van der Waals surface area (Å²) in [5.74, 6) is 0.701. The SMILES string of the molecule is COc1ncccc1NC1CCN2CCCCC12. The Morgan fingerprint density at radius 2 is 2.28 bits per heavy atom. The number of nitrogens with one attached hydrogen (secondary N) is 1. The second-order valence-electron chi connectivity index (χ2n) is 5.20. The highest BCUT2D eigenvalue weighted by Gasteiger charge is 2.35. The van der Waals surface area contributed by atoms with Crippen LogP contribution in [0.15, 0.2) is 18.3 Å². The third-order valence-corrected chi connectivity index (χ3v) is 4.16. The second kappa shape index (κ2) is 5.14. The van der Waals surface area contributed by atoms with Gasteiger partial charge in [-0.15, -0.1) is 0 Å². The van der Waals surface area contributed by atoms with Crippen LogP contribution in [-0.2, 0) is 0 Å². The van der Waals surface area contributed by atoms with Crippen molar-refractivity contribution in [2.24, 2.45) is 0 Å². The van der Waals surface area contributed by atoms with E-state index in [9.17, 15) is 0 Å². The molecule has 1 N–H and O–H groups in total. The summed E-state index contributed by atoms with van der Waals surface area (Å²) in [6.45, 7) is 2.50. The predicted octanol–water partition coefficient (Wildman–Crippen LogP) is 2.13. The smallest absolute Gasteiger partial charge is 0.237 e.